The fourth-order valence-corrected chi connectivity index (χ4v) is 3.48. The summed E-state index contributed by atoms with van der Waals surface area (Å²) in [6, 6.07) is 0. The van der Waals surface area contributed by atoms with Crippen molar-refractivity contribution in [1.29, 1.82) is 0 Å². The maximum Gasteiger partial charge on any atom is 1.00 e. The van der Waals surface area contributed by atoms with Crippen LogP contribution in [0.5, 0.6) is 0 Å². The molecule has 2 rings (SSSR count). The Kier molecular flexibility index (Phi) is 15.8. The molecule has 0 atom stereocenters. The van der Waals surface area contributed by atoms with E-state index in [0.29, 0.717) is 10.3 Å². The summed E-state index contributed by atoms with van der Waals surface area (Å²) in [6.07, 6.45) is 1.98. The molecule has 0 radical (unpaired) electrons. The molecular formula is C16H30AuBF4N6S2. The quantitative estimate of drug-likeness (QED) is 0.208. The molecule has 2 heterocycles. The van der Waals surface area contributed by atoms with Crippen LogP contribution in [-0.4, -0.2) is 26.8 Å². The Morgan fingerprint density at radius 2 is 1.00 bits per heavy atom. The van der Waals surface area contributed by atoms with Crippen molar-refractivity contribution in [3.05, 3.63) is 11.6 Å². The molecule has 0 aliphatic rings. The Hall–Kier alpha value is -0.755. The monoisotopic (exact) mass is 654 g/mol. The van der Waals surface area contributed by atoms with Crippen molar-refractivity contribution >= 4 is 32.5 Å². The van der Waals surface area contributed by atoms with Crippen molar-refractivity contribution in [2.24, 2.45) is 0 Å². The van der Waals surface area contributed by atoms with Gasteiger partial charge in [0, 0.05) is 23.0 Å². The summed E-state index contributed by atoms with van der Waals surface area (Å²) in [5.74, 6) is 2.45. The minimum Gasteiger partial charge on any atom is -0.703 e. The number of aryl methyl sites for hydroxylation is 2. The van der Waals surface area contributed by atoms with Crippen LogP contribution in [0.2, 0.25) is 0 Å². The summed E-state index contributed by atoms with van der Waals surface area (Å²) in [5, 5.41) is 9.94. The van der Waals surface area contributed by atoms with Crippen molar-refractivity contribution in [1.82, 2.24) is 19.6 Å². The second-order valence-electron chi connectivity index (χ2n) is 5.72. The van der Waals surface area contributed by atoms with Crippen LogP contribution in [0.3, 0.4) is 0 Å². The molecule has 178 valence electrons. The fourth-order valence-electron chi connectivity index (χ4n) is 2.82. The Morgan fingerprint density at radius 1 is 0.733 bits per heavy atom. The zero-order valence-corrected chi connectivity index (χ0v) is 21.9. The number of nitrogens with zero attached hydrogens (tertiary/aromatic N) is 6. The molecule has 14 heteroatoms. The molecule has 0 saturated carbocycles. The third-order valence-corrected chi connectivity index (χ3v) is 4.56. The second kappa shape index (κ2) is 15.1. The van der Waals surface area contributed by atoms with E-state index < -0.39 is 7.25 Å². The fraction of sp³-hybridized carbons (Fsp3) is 0.750. The van der Waals surface area contributed by atoms with Crippen LogP contribution in [0.25, 0.3) is 0 Å². The first kappa shape index (κ1) is 31.4. The van der Waals surface area contributed by atoms with Gasteiger partial charge in [-0.05, 0) is 27.7 Å². The van der Waals surface area contributed by atoms with Gasteiger partial charge < -0.3 is 42.5 Å². The smallest absolute Gasteiger partial charge is 0.703 e. The van der Waals surface area contributed by atoms with Gasteiger partial charge in [0.2, 0.25) is 11.6 Å². The van der Waals surface area contributed by atoms with Gasteiger partial charge in [0.15, 0.2) is 10.3 Å². The van der Waals surface area contributed by atoms with Crippen molar-refractivity contribution in [3.63, 3.8) is 0 Å². The summed E-state index contributed by atoms with van der Waals surface area (Å²) >= 11 is 10.2. The molecule has 0 saturated heterocycles. The molecule has 0 amide bonds. The first-order valence-electron chi connectivity index (χ1n) is 9.68. The van der Waals surface area contributed by atoms with E-state index in [9.17, 15) is 17.3 Å². The molecule has 2 aromatic heterocycles. The van der Waals surface area contributed by atoms with E-state index in [1.165, 1.54) is 11.6 Å². The number of hydrogen-bond acceptors (Lipinski definition) is 4. The van der Waals surface area contributed by atoms with Gasteiger partial charge in [-0.15, -0.1) is 9.36 Å². The van der Waals surface area contributed by atoms with Gasteiger partial charge in [-0.3, -0.25) is 9.13 Å². The Morgan fingerprint density at radius 3 is 1.17 bits per heavy atom. The van der Waals surface area contributed by atoms with Crippen LogP contribution in [0.15, 0.2) is 10.3 Å². The van der Waals surface area contributed by atoms with E-state index in [-0.39, 0.29) is 22.4 Å². The van der Waals surface area contributed by atoms with Gasteiger partial charge in [-0.1, -0.05) is 13.8 Å². The zero-order chi connectivity index (χ0) is 22.8. The predicted octanol–water partition coefficient (Wildman–Crippen LogP) is 2.65. The summed E-state index contributed by atoms with van der Waals surface area (Å²) in [5.41, 5.74) is 0. The molecule has 0 aliphatic heterocycles. The average Bonchev–Trinajstić information content (AvgIpc) is 3.14. The van der Waals surface area contributed by atoms with Gasteiger partial charge in [-0.25, -0.2) is 0 Å². The molecule has 30 heavy (non-hydrogen) atoms. The van der Waals surface area contributed by atoms with Gasteiger partial charge in [-0.2, -0.15) is 0 Å². The molecule has 0 N–H and O–H groups in total. The van der Waals surface area contributed by atoms with Gasteiger partial charge in [0.05, 0.1) is 13.1 Å². The first-order chi connectivity index (χ1) is 13.5. The second-order valence-corrected chi connectivity index (χ2v) is 6.45. The normalized spacial score (nSPS) is 10.5. The Bertz CT molecular complexity index is 693. The van der Waals surface area contributed by atoms with E-state index in [2.05, 4.69) is 60.9 Å². The van der Waals surface area contributed by atoms with Crippen LogP contribution in [0.1, 0.15) is 53.2 Å². The van der Waals surface area contributed by atoms with Crippen molar-refractivity contribution in [3.8, 4) is 0 Å². The largest absolute Gasteiger partial charge is 1.00 e. The average molecular weight is 654 g/mol. The van der Waals surface area contributed by atoms with Crippen LogP contribution in [0.4, 0.5) is 17.3 Å². The molecule has 0 aromatic carbocycles. The maximum absolute atomic E-state index is 9.75. The van der Waals surface area contributed by atoms with Gasteiger partial charge in [0.1, 0.15) is 13.1 Å². The molecule has 0 aliphatic carbocycles. The summed E-state index contributed by atoms with van der Waals surface area (Å²) < 4.78 is 47.1. The molecule has 0 spiro atoms. The van der Waals surface area contributed by atoms with Crippen molar-refractivity contribution < 1.29 is 48.8 Å². The third kappa shape index (κ3) is 10.0. The van der Waals surface area contributed by atoms with Crippen LogP contribution in [0, 0.1) is 0 Å². The topological polar surface area (TPSA) is 43.4 Å². The summed E-state index contributed by atoms with van der Waals surface area (Å²) in [7, 11) is -6.00. The molecular weight excluding hydrogens is 624 g/mol. The van der Waals surface area contributed by atoms with Crippen molar-refractivity contribution in [2.75, 3.05) is 0 Å². The maximum atomic E-state index is 9.75. The standard InChI is InChI=1S/2C8H15N3S.Au.BF4/c2*1-4-7-10(5-2)8(12)9-11(7)6-3;;2-1(3,4)5/h2*4-6H2,1-3H3;;/q;;+1;-1. The molecule has 0 fully saturated rings. The number of aromatic nitrogens is 6. The van der Waals surface area contributed by atoms with E-state index in [1.54, 1.807) is 0 Å². The molecule has 6 nitrogen and oxygen atoms in total. The van der Waals surface area contributed by atoms with Crippen LogP contribution < -0.4 is 9.13 Å². The van der Waals surface area contributed by atoms with E-state index in [0.717, 1.165) is 39.0 Å². The Labute approximate surface area is 202 Å². The first-order valence-corrected chi connectivity index (χ1v) is 10.5. The minimum absolute atomic E-state index is 0. The SMILES string of the molecule is CCc1n(CC)nc([S-])[n+]1CC.CCc1n(CC)nc([S-])[n+]1CC.F[B-](F)(F)F.[Au+]. The van der Waals surface area contributed by atoms with E-state index >= 15 is 0 Å². The minimum atomic E-state index is -6.00. The van der Waals surface area contributed by atoms with Crippen LogP contribution >= 0.6 is 0 Å². The van der Waals surface area contributed by atoms with E-state index in [4.69, 9.17) is 25.3 Å². The number of hydrogen-bond donors (Lipinski definition) is 0. The van der Waals surface area contributed by atoms with Crippen LogP contribution in [-0.2, 0) is 86.7 Å². The molecule has 0 unspecified atom stereocenters. The molecule has 2 aromatic rings. The van der Waals surface area contributed by atoms with Gasteiger partial charge >= 0.3 is 29.6 Å². The molecule has 0 bridgehead atoms. The third-order valence-electron chi connectivity index (χ3n) is 3.96. The van der Waals surface area contributed by atoms with Crippen molar-refractivity contribution in [2.45, 2.75) is 90.9 Å². The zero-order valence-electron chi connectivity index (χ0n) is 18.1. The van der Waals surface area contributed by atoms with Gasteiger partial charge in [0.25, 0.3) is 0 Å². The number of rotatable bonds is 6. The van der Waals surface area contributed by atoms with E-state index in [1.807, 2.05) is 9.36 Å². The summed E-state index contributed by atoms with van der Waals surface area (Å²) in [6.45, 7) is 16.3. The Balaban J connectivity index is 0. The number of halogens is 4. The summed E-state index contributed by atoms with van der Waals surface area (Å²) in [4.78, 5) is 0. The predicted molar refractivity (Wildman–Crippen MR) is 108 cm³/mol.